The van der Waals surface area contributed by atoms with E-state index in [1.165, 1.54) is 19.2 Å². The van der Waals surface area contributed by atoms with Crippen molar-refractivity contribution >= 4 is 22.7 Å². The second-order valence-corrected chi connectivity index (χ2v) is 6.34. The smallest absolute Gasteiger partial charge is 0.335 e. The zero-order chi connectivity index (χ0) is 15.0. The molecule has 0 bridgehead atoms. The fourth-order valence-electron chi connectivity index (χ4n) is 3.06. The summed E-state index contributed by atoms with van der Waals surface area (Å²) in [6, 6.07) is 5.35. The molecule has 0 aliphatic heterocycles. The molecule has 1 aromatic carbocycles. The van der Waals surface area contributed by atoms with Crippen LogP contribution in [0.4, 0.5) is 5.82 Å². The molecule has 2 aromatic rings. The van der Waals surface area contributed by atoms with Crippen LogP contribution in [0.3, 0.4) is 0 Å². The quantitative estimate of drug-likeness (QED) is 0.904. The molecule has 5 heteroatoms. The number of carboxylic acids is 1. The highest BCUT2D eigenvalue weighted by Crippen LogP contribution is 2.39. The Morgan fingerprint density at radius 1 is 1.38 bits per heavy atom. The van der Waals surface area contributed by atoms with E-state index in [4.69, 9.17) is 5.11 Å². The molecule has 5 nitrogen and oxygen atoms in total. The molecule has 0 radical (unpaired) electrons. The summed E-state index contributed by atoms with van der Waals surface area (Å²) >= 11 is 0. The summed E-state index contributed by atoms with van der Waals surface area (Å²) in [7, 11) is 0. The molecular weight excluding hydrogens is 266 g/mol. The lowest BCUT2D eigenvalue weighted by atomic mass is 9.87. The van der Waals surface area contributed by atoms with Crippen molar-refractivity contribution in [3.63, 3.8) is 0 Å². The van der Waals surface area contributed by atoms with Gasteiger partial charge in [-0.25, -0.2) is 14.8 Å². The van der Waals surface area contributed by atoms with E-state index < -0.39 is 5.97 Å². The van der Waals surface area contributed by atoms with Crippen LogP contribution >= 0.6 is 0 Å². The lowest BCUT2D eigenvalue weighted by Crippen LogP contribution is -2.31. The predicted octanol–water partition coefficient (Wildman–Crippen LogP) is 3.32. The number of rotatable bonds is 3. The highest BCUT2D eigenvalue weighted by atomic mass is 16.4. The van der Waals surface area contributed by atoms with Crippen molar-refractivity contribution in [1.82, 2.24) is 9.97 Å². The van der Waals surface area contributed by atoms with Gasteiger partial charge in [0.05, 0.1) is 11.1 Å². The van der Waals surface area contributed by atoms with E-state index in [0.29, 0.717) is 11.6 Å². The van der Waals surface area contributed by atoms with Crippen molar-refractivity contribution in [1.29, 1.82) is 0 Å². The normalized spacial score (nSPS) is 20.6. The summed E-state index contributed by atoms with van der Waals surface area (Å²) in [5, 5.41) is 13.4. The molecule has 1 unspecified atom stereocenters. The minimum atomic E-state index is -0.943. The van der Waals surface area contributed by atoms with Gasteiger partial charge in [0.25, 0.3) is 0 Å². The number of nitrogens with zero attached hydrogens (tertiary/aromatic N) is 2. The van der Waals surface area contributed by atoms with Gasteiger partial charge in [-0.3, -0.25) is 0 Å². The second-order valence-electron chi connectivity index (χ2n) is 6.34. The molecule has 0 amide bonds. The first-order chi connectivity index (χ1) is 9.97. The molecule has 3 rings (SSSR count). The molecule has 0 spiro atoms. The fraction of sp³-hybridized carbons (Fsp3) is 0.438. The number of aromatic nitrogens is 2. The first kappa shape index (κ1) is 13.8. The highest BCUT2D eigenvalue weighted by molar-refractivity contribution is 5.96. The first-order valence-electron chi connectivity index (χ1n) is 7.22. The molecule has 1 fully saturated rings. The van der Waals surface area contributed by atoms with Gasteiger partial charge in [-0.2, -0.15) is 0 Å². The van der Waals surface area contributed by atoms with E-state index in [-0.39, 0.29) is 11.0 Å². The van der Waals surface area contributed by atoms with E-state index >= 15 is 0 Å². The number of aromatic carboxylic acids is 1. The van der Waals surface area contributed by atoms with Crippen molar-refractivity contribution < 1.29 is 9.90 Å². The molecule has 2 N–H and O–H groups in total. The number of nitrogens with one attached hydrogen (secondary N) is 1. The van der Waals surface area contributed by atoms with E-state index in [2.05, 4.69) is 29.1 Å². The van der Waals surface area contributed by atoms with Crippen LogP contribution in [-0.2, 0) is 0 Å². The minimum Gasteiger partial charge on any atom is -0.478 e. The Hall–Kier alpha value is -2.17. The molecule has 1 atom stereocenters. The topological polar surface area (TPSA) is 75.1 Å². The van der Waals surface area contributed by atoms with Gasteiger partial charge in [-0.15, -0.1) is 0 Å². The predicted molar refractivity (Wildman–Crippen MR) is 81.5 cm³/mol. The van der Waals surface area contributed by atoms with E-state index in [1.54, 1.807) is 18.2 Å². The Balaban J connectivity index is 1.97. The third-order valence-corrected chi connectivity index (χ3v) is 4.45. The molecular formula is C16H19N3O2. The standard InChI is InChI=1S/C16H19N3O2/c1-16(2)7-3-4-13(16)19-14-11-6-5-10(15(20)21)8-12(11)17-9-18-14/h5-6,8-9,13H,3-4,7H2,1-2H3,(H,20,21)(H,17,18,19). The average molecular weight is 285 g/mol. The Morgan fingerprint density at radius 2 is 2.19 bits per heavy atom. The molecule has 0 saturated heterocycles. The maximum Gasteiger partial charge on any atom is 0.335 e. The van der Waals surface area contributed by atoms with Crippen molar-refractivity contribution in [2.45, 2.75) is 39.2 Å². The van der Waals surface area contributed by atoms with Gasteiger partial charge >= 0.3 is 5.97 Å². The summed E-state index contributed by atoms with van der Waals surface area (Å²) in [5.74, 6) is -0.154. The van der Waals surface area contributed by atoms with E-state index in [9.17, 15) is 4.79 Å². The largest absolute Gasteiger partial charge is 0.478 e. The van der Waals surface area contributed by atoms with Crippen LogP contribution in [0.25, 0.3) is 10.9 Å². The molecule has 1 aliphatic carbocycles. The van der Waals surface area contributed by atoms with Crippen molar-refractivity contribution in [2.24, 2.45) is 5.41 Å². The van der Waals surface area contributed by atoms with E-state index in [0.717, 1.165) is 17.6 Å². The summed E-state index contributed by atoms with van der Waals surface area (Å²) in [6.07, 6.45) is 5.04. The zero-order valence-corrected chi connectivity index (χ0v) is 12.3. The summed E-state index contributed by atoms with van der Waals surface area (Å²) < 4.78 is 0. The Bertz CT molecular complexity index is 697. The zero-order valence-electron chi connectivity index (χ0n) is 12.3. The fourth-order valence-corrected chi connectivity index (χ4v) is 3.06. The number of hydrogen-bond donors (Lipinski definition) is 2. The SMILES string of the molecule is CC1(C)CCCC1Nc1ncnc2cc(C(=O)O)ccc12. The van der Waals surface area contributed by atoms with Crippen LogP contribution in [0.2, 0.25) is 0 Å². The van der Waals surface area contributed by atoms with Crippen molar-refractivity contribution in [3.05, 3.63) is 30.1 Å². The third kappa shape index (κ3) is 2.55. The number of fused-ring (bicyclic) bond motifs is 1. The maximum atomic E-state index is 11.0. The van der Waals surface area contributed by atoms with Crippen LogP contribution in [-0.4, -0.2) is 27.1 Å². The average Bonchev–Trinajstić information content (AvgIpc) is 2.77. The van der Waals surface area contributed by atoms with Gasteiger partial charge in [0, 0.05) is 11.4 Å². The van der Waals surface area contributed by atoms with Gasteiger partial charge in [0.15, 0.2) is 0 Å². The van der Waals surface area contributed by atoms with Crippen molar-refractivity contribution in [2.75, 3.05) is 5.32 Å². The van der Waals surface area contributed by atoms with Crippen LogP contribution in [0, 0.1) is 5.41 Å². The van der Waals surface area contributed by atoms with Gasteiger partial charge in [0.2, 0.25) is 0 Å². The van der Waals surface area contributed by atoms with Crippen molar-refractivity contribution in [3.8, 4) is 0 Å². The molecule has 1 heterocycles. The monoisotopic (exact) mass is 285 g/mol. The number of benzene rings is 1. The molecule has 1 aromatic heterocycles. The summed E-state index contributed by atoms with van der Waals surface area (Å²) in [5.41, 5.74) is 1.15. The molecule has 1 aliphatic rings. The number of hydrogen-bond acceptors (Lipinski definition) is 4. The van der Waals surface area contributed by atoms with Gasteiger partial charge in [-0.05, 0) is 36.5 Å². The third-order valence-electron chi connectivity index (χ3n) is 4.45. The molecule has 110 valence electrons. The van der Waals surface area contributed by atoms with Crippen LogP contribution < -0.4 is 5.32 Å². The maximum absolute atomic E-state index is 11.0. The first-order valence-corrected chi connectivity index (χ1v) is 7.22. The number of carbonyl (C=O) groups is 1. The summed E-state index contributed by atoms with van der Waals surface area (Å²) in [4.78, 5) is 19.6. The van der Waals surface area contributed by atoms with Crippen LogP contribution in [0.15, 0.2) is 24.5 Å². The highest BCUT2D eigenvalue weighted by Gasteiger charge is 2.34. The van der Waals surface area contributed by atoms with Crippen LogP contribution in [0.5, 0.6) is 0 Å². The van der Waals surface area contributed by atoms with Crippen LogP contribution in [0.1, 0.15) is 43.5 Å². The number of anilines is 1. The van der Waals surface area contributed by atoms with Gasteiger partial charge in [0.1, 0.15) is 12.1 Å². The Morgan fingerprint density at radius 3 is 2.86 bits per heavy atom. The van der Waals surface area contributed by atoms with Gasteiger partial charge in [-0.1, -0.05) is 20.3 Å². The molecule has 1 saturated carbocycles. The Labute approximate surface area is 123 Å². The van der Waals surface area contributed by atoms with E-state index in [1.807, 2.05) is 0 Å². The summed E-state index contributed by atoms with van der Waals surface area (Å²) in [6.45, 7) is 4.53. The Kier molecular flexibility index (Phi) is 3.27. The second kappa shape index (κ2) is 4.98. The lowest BCUT2D eigenvalue weighted by molar-refractivity contribution is 0.0697. The number of carboxylic acid groups (broad SMARTS) is 1. The lowest BCUT2D eigenvalue weighted by Gasteiger charge is -2.28. The minimum absolute atomic E-state index is 0.244. The molecule has 21 heavy (non-hydrogen) atoms. The van der Waals surface area contributed by atoms with Gasteiger partial charge < -0.3 is 10.4 Å².